The fraction of sp³-hybridized carbons (Fsp3) is 0. The van der Waals surface area contributed by atoms with Crippen LogP contribution >= 0.6 is 0 Å². The molecule has 0 unspecified atom stereocenters. The van der Waals surface area contributed by atoms with E-state index in [1.807, 2.05) is 0 Å². The molecule has 0 radical (unpaired) electrons. The van der Waals surface area contributed by atoms with E-state index in [1.165, 1.54) is 86.2 Å². The van der Waals surface area contributed by atoms with Crippen molar-refractivity contribution < 1.29 is 0 Å². The molecule has 38 heavy (non-hydrogen) atoms. The number of hydrogen-bond donors (Lipinski definition) is 0. The van der Waals surface area contributed by atoms with Gasteiger partial charge < -0.3 is 0 Å². The monoisotopic (exact) mass is 478 g/mol. The zero-order chi connectivity index (χ0) is 24.8. The van der Waals surface area contributed by atoms with Gasteiger partial charge in [0.1, 0.15) is 0 Å². The van der Waals surface area contributed by atoms with Crippen molar-refractivity contribution in [2.75, 3.05) is 0 Å². The zero-order valence-electron chi connectivity index (χ0n) is 20.7. The van der Waals surface area contributed by atoms with Crippen LogP contribution in [0.25, 0.3) is 86.2 Å². The Morgan fingerprint density at radius 1 is 0.184 bits per heavy atom. The highest BCUT2D eigenvalue weighted by Crippen LogP contribution is 2.35. The van der Waals surface area contributed by atoms with Crippen LogP contribution in [0.15, 0.2) is 133 Å². The van der Waals surface area contributed by atoms with E-state index in [-0.39, 0.29) is 0 Å². The second-order valence-corrected chi connectivity index (χ2v) is 10.7. The number of rotatable bonds is 0. The second kappa shape index (κ2) is 7.31. The Labute approximate surface area is 219 Å². The van der Waals surface area contributed by atoms with Gasteiger partial charge in [-0.3, -0.25) is 0 Å². The lowest BCUT2D eigenvalue weighted by atomic mass is 9.94. The summed E-state index contributed by atoms with van der Waals surface area (Å²) in [5, 5.41) is 20.7. The number of hydrogen-bond acceptors (Lipinski definition) is 0. The van der Waals surface area contributed by atoms with Crippen LogP contribution in [0.5, 0.6) is 0 Å². The molecule has 0 saturated carbocycles. The van der Waals surface area contributed by atoms with E-state index in [0.717, 1.165) is 0 Å². The third kappa shape index (κ3) is 2.92. The summed E-state index contributed by atoms with van der Waals surface area (Å²) in [5.74, 6) is 0. The minimum absolute atomic E-state index is 1.29. The maximum absolute atomic E-state index is 2.37. The number of benzene rings is 9. The summed E-state index contributed by atoms with van der Waals surface area (Å²) < 4.78 is 0. The van der Waals surface area contributed by atoms with Gasteiger partial charge in [0.15, 0.2) is 0 Å². The van der Waals surface area contributed by atoms with E-state index in [1.54, 1.807) is 0 Å². The first-order valence-corrected chi connectivity index (χ1v) is 13.2. The van der Waals surface area contributed by atoms with Crippen LogP contribution in [0.3, 0.4) is 0 Å². The Bertz CT molecular complexity index is 2420. The van der Waals surface area contributed by atoms with Gasteiger partial charge in [0.05, 0.1) is 0 Å². The van der Waals surface area contributed by atoms with Gasteiger partial charge in [-0.1, -0.05) is 60.7 Å². The summed E-state index contributed by atoms with van der Waals surface area (Å²) in [4.78, 5) is 0. The highest BCUT2D eigenvalue weighted by Gasteiger charge is 2.08. The lowest BCUT2D eigenvalue weighted by molar-refractivity contribution is 1.78. The van der Waals surface area contributed by atoms with Gasteiger partial charge in [-0.15, -0.1) is 0 Å². The minimum atomic E-state index is 1.29. The molecule has 0 aliphatic rings. The van der Waals surface area contributed by atoms with E-state index in [4.69, 9.17) is 0 Å². The highest BCUT2D eigenvalue weighted by molar-refractivity contribution is 6.15. The van der Waals surface area contributed by atoms with Crippen LogP contribution in [0.2, 0.25) is 0 Å². The van der Waals surface area contributed by atoms with Crippen LogP contribution in [0.4, 0.5) is 0 Å². The fourth-order valence-electron chi connectivity index (χ4n) is 6.45. The molecule has 174 valence electrons. The standard InChI is InChI=1S/C38H22/c1-2-7-25-12-28-15-31-18-34-20-35-21-36-22-38-26(10-9-23-5-3-4-8-37(23)38)13-29(36)16-32(35)19-33(34)17-30(31)14-27(28)11-24(25)6-1/h1-22H. The summed E-state index contributed by atoms with van der Waals surface area (Å²) >= 11 is 0. The van der Waals surface area contributed by atoms with Crippen molar-refractivity contribution in [3.63, 3.8) is 0 Å². The van der Waals surface area contributed by atoms with Crippen molar-refractivity contribution in [3.05, 3.63) is 133 Å². The molecule has 0 aliphatic carbocycles. The first-order chi connectivity index (χ1) is 18.7. The minimum Gasteiger partial charge on any atom is -0.0616 e. The van der Waals surface area contributed by atoms with Crippen molar-refractivity contribution in [2.24, 2.45) is 0 Å². The predicted octanol–water partition coefficient (Wildman–Crippen LogP) is 10.9. The Morgan fingerprint density at radius 3 is 0.974 bits per heavy atom. The summed E-state index contributed by atoms with van der Waals surface area (Å²) in [6, 6.07) is 50.0. The lowest BCUT2D eigenvalue weighted by Gasteiger charge is -2.10. The van der Waals surface area contributed by atoms with Gasteiger partial charge in [0, 0.05) is 0 Å². The van der Waals surface area contributed by atoms with Crippen LogP contribution in [0.1, 0.15) is 0 Å². The van der Waals surface area contributed by atoms with Crippen LogP contribution in [0, 0.1) is 0 Å². The van der Waals surface area contributed by atoms with Gasteiger partial charge in [-0.2, -0.15) is 0 Å². The molecule has 0 atom stereocenters. The van der Waals surface area contributed by atoms with Gasteiger partial charge in [-0.25, -0.2) is 0 Å². The Morgan fingerprint density at radius 2 is 0.500 bits per heavy atom. The van der Waals surface area contributed by atoms with Crippen molar-refractivity contribution in [1.82, 2.24) is 0 Å². The van der Waals surface area contributed by atoms with Crippen LogP contribution in [-0.4, -0.2) is 0 Å². The smallest absolute Gasteiger partial charge is 0.00990 e. The SMILES string of the molecule is c1ccc2cc3cc4cc5cc6cc7cc8c(ccc9ccccc98)cc7cc6cc5cc4cc3cc2c1. The molecule has 0 fully saturated rings. The van der Waals surface area contributed by atoms with Crippen LogP contribution in [-0.2, 0) is 0 Å². The average Bonchev–Trinajstić information content (AvgIpc) is 2.95. The fourth-order valence-corrected chi connectivity index (χ4v) is 6.45. The van der Waals surface area contributed by atoms with Crippen molar-refractivity contribution in [1.29, 1.82) is 0 Å². The third-order valence-corrected chi connectivity index (χ3v) is 8.39. The van der Waals surface area contributed by atoms with Gasteiger partial charge in [0.2, 0.25) is 0 Å². The molecular formula is C38H22. The third-order valence-electron chi connectivity index (χ3n) is 8.39. The molecule has 0 saturated heterocycles. The topological polar surface area (TPSA) is 0 Å². The molecule has 0 aromatic heterocycles. The van der Waals surface area contributed by atoms with E-state index in [9.17, 15) is 0 Å². The van der Waals surface area contributed by atoms with E-state index < -0.39 is 0 Å². The van der Waals surface area contributed by atoms with Gasteiger partial charge in [-0.05, 0) is 159 Å². The molecule has 9 aromatic rings. The predicted molar refractivity (Wildman–Crippen MR) is 166 cm³/mol. The molecule has 0 amide bonds. The number of fused-ring (bicyclic) bond motifs is 9. The maximum atomic E-state index is 2.37. The summed E-state index contributed by atoms with van der Waals surface area (Å²) in [7, 11) is 0. The molecule has 0 N–H and O–H groups in total. The molecule has 0 spiro atoms. The van der Waals surface area contributed by atoms with Crippen LogP contribution < -0.4 is 0 Å². The van der Waals surface area contributed by atoms with Gasteiger partial charge >= 0.3 is 0 Å². The van der Waals surface area contributed by atoms with Crippen molar-refractivity contribution in [2.45, 2.75) is 0 Å². The van der Waals surface area contributed by atoms with E-state index in [0.29, 0.717) is 0 Å². The Balaban J connectivity index is 1.30. The zero-order valence-corrected chi connectivity index (χ0v) is 20.7. The maximum Gasteiger partial charge on any atom is -0.00990 e. The van der Waals surface area contributed by atoms with Gasteiger partial charge in [0.25, 0.3) is 0 Å². The second-order valence-electron chi connectivity index (χ2n) is 10.7. The van der Waals surface area contributed by atoms with E-state index in [2.05, 4.69) is 133 Å². The summed E-state index contributed by atoms with van der Waals surface area (Å²) in [5.41, 5.74) is 0. The normalized spacial score (nSPS) is 12.2. The first-order valence-electron chi connectivity index (χ1n) is 13.2. The molecule has 9 aromatic carbocycles. The van der Waals surface area contributed by atoms with Crippen molar-refractivity contribution in [3.8, 4) is 0 Å². The average molecular weight is 479 g/mol. The van der Waals surface area contributed by atoms with E-state index >= 15 is 0 Å². The molecule has 0 heterocycles. The Kier molecular flexibility index (Phi) is 3.88. The molecule has 0 aliphatic heterocycles. The lowest BCUT2D eigenvalue weighted by Crippen LogP contribution is -1.83. The molecule has 9 rings (SSSR count). The molecule has 0 heteroatoms. The quantitative estimate of drug-likeness (QED) is 0.150. The Hall–Kier alpha value is -4.94. The molecule has 0 nitrogen and oxygen atoms in total. The van der Waals surface area contributed by atoms with Crippen molar-refractivity contribution >= 4 is 86.2 Å². The highest BCUT2D eigenvalue weighted by atomic mass is 14.1. The summed E-state index contributed by atoms with van der Waals surface area (Å²) in [6.45, 7) is 0. The largest absolute Gasteiger partial charge is 0.0616 e. The summed E-state index contributed by atoms with van der Waals surface area (Å²) in [6.07, 6.45) is 0. The first kappa shape index (κ1) is 20.2. The molecule has 0 bridgehead atoms. The molecular weight excluding hydrogens is 456 g/mol.